The standard InChI is InChI=1S/C11H14N6O3S/c1-20-10(19)4-2-3-8-6-21-11(13-8)14-9(18)5-17-7-12-15-16-17/h6-7H,2-5H2,1H3,(H,13,14,18). The van der Waals surface area contributed by atoms with Crippen LogP contribution in [0.5, 0.6) is 0 Å². The van der Waals surface area contributed by atoms with E-state index in [1.165, 1.54) is 29.5 Å². The number of amides is 1. The van der Waals surface area contributed by atoms with Gasteiger partial charge in [-0.3, -0.25) is 9.59 Å². The molecule has 2 aromatic heterocycles. The second-order valence-electron chi connectivity index (χ2n) is 4.13. The normalized spacial score (nSPS) is 10.3. The van der Waals surface area contributed by atoms with E-state index < -0.39 is 0 Å². The minimum atomic E-state index is -0.252. The maximum absolute atomic E-state index is 11.7. The van der Waals surface area contributed by atoms with Gasteiger partial charge in [0.2, 0.25) is 5.91 Å². The number of ether oxygens (including phenoxy) is 1. The van der Waals surface area contributed by atoms with E-state index in [0.717, 1.165) is 5.69 Å². The fourth-order valence-electron chi connectivity index (χ4n) is 1.55. The molecule has 0 unspecified atom stereocenters. The highest BCUT2D eigenvalue weighted by molar-refractivity contribution is 7.13. The molecule has 0 aliphatic heterocycles. The van der Waals surface area contributed by atoms with Crippen LogP contribution in [0, 0.1) is 0 Å². The smallest absolute Gasteiger partial charge is 0.305 e. The van der Waals surface area contributed by atoms with Gasteiger partial charge in [-0.2, -0.15) is 0 Å². The van der Waals surface area contributed by atoms with Gasteiger partial charge < -0.3 is 10.1 Å². The third-order valence-electron chi connectivity index (χ3n) is 2.54. The maximum Gasteiger partial charge on any atom is 0.305 e. The predicted octanol–water partition coefficient (Wildman–Crippen LogP) is 0.264. The number of methoxy groups -OCH3 is 1. The van der Waals surface area contributed by atoms with Crippen LogP contribution in [-0.2, 0) is 27.3 Å². The van der Waals surface area contributed by atoms with Crippen LogP contribution in [0.2, 0.25) is 0 Å². The number of nitrogens with zero attached hydrogens (tertiary/aromatic N) is 5. The van der Waals surface area contributed by atoms with Crippen molar-refractivity contribution in [2.24, 2.45) is 0 Å². The summed E-state index contributed by atoms with van der Waals surface area (Å²) in [5, 5.41) is 15.5. The highest BCUT2D eigenvalue weighted by Crippen LogP contribution is 2.17. The van der Waals surface area contributed by atoms with Crippen molar-refractivity contribution in [3.05, 3.63) is 17.4 Å². The largest absolute Gasteiger partial charge is 0.469 e. The lowest BCUT2D eigenvalue weighted by Crippen LogP contribution is -2.19. The van der Waals surface area contributed by atoms with Crippen molar-refractivity contribution in [3.63, 3.8) is 0 Å². The number of rotatable bonds is 7. The lowest BCUT2D eigenvalue weighted by molar-refractivity contribution is -0.140. The number of thiazole rings is 1. The zero-order valence-electron chi connectivity index (χ0n) is 11.4. The first-order chi connectivity index (χ1) is 10.2. The van der Waals surface area contributed by atoms with Crippen LogP contribution in [0.3, 0.4) is 0 Å². The Morgan fingerprint density at radius 2 is 2.33 bits per heavy atom. The number of carbonyl (C=O) groups is 2. The van der Waals surface area contributed by atoms with Gasteiger partial charge in [-0.15, -0.1) is 16.4 Å². The fourth-order valence-corrected chi connectivity index (χ4v) is 2.31. The van der Waals surface area contributed by atoms with E-state index in [-0.39, 0.29) is 18.4 Å². The molecule has 0 aliphatic carbocycles. The van der Waals surface area contributed by atoms with E-state index >= 15 is 0 Å². The Kier molecular flexibility index (Phi) is 5.32. The summed E-state index contributed by atoms with van der Waals surface area (Å²) in [6, 6.07) is 0. The third kappa shape index (κ3) is 4.91. The number of nitrogens with one attached hydrogen (secondary N) is 1. The van der Waals surface area contributed by atoms with Crippen molar-refractivity contribution in [2.45, 2.75) is 25.8 Å². The van der Waals surface area contributed by atoms with Crippen molar-refractivity contribution in [2.75, 3.05) is 12.4 Å². The first-order valence-electron chi connectivity index (χ1n) is 6.19. The molecule has 9 nitrogen and oxygen atoms in total. The molecule has 10 heteroatoms. The molecule has 0 fully saturated rings. The SMILES string of the molecule is COC(=O)CCCc1csc(NC(=O)Cn2cnnn2)n1. The molecule has 112 valence electrons. The van der Waals surface area contributed by atoms with E-state index in [0.29, 0.717) is 24.4 Å². The van der Waals surface area contributed by atoms with Crippen molar-refractivity contribution >= 4 is 28.3 Å². The quantitative estimate of drug-likeness (QED) is 0.730. The number of esters is 1. The van der Waals surface area contributed by atoms with Crippen molar-refractivity contribution in [3.8, 4) is 0 Å². The second-order valence-corrected chi connectivity index (χ2v) is 4.99. The number of aromatic nitrogens is 5. The van der Waals surface area contributed by atoms with Gasteiger partial charge in [-0.25, -0.2) is 9.67 Å². The van der Waals surface area contributed by atoms with Gasteiger partial charge in [-0.1, -0.05) is 0 Å². The average Bonchev–Trinajstić information content (AvgIpc) is 3.10. The lowest BCUT2D eigenvalue weighted by Gasteiger charge is -2.00. The molecule has 0 saturated carbocycles. The van der Waals surface area contributed by atoms with Crippen LogP contribution in [0.1, 0.15) is 18.5 Å². The fraction of sp³-hybridized carbons (Fsp3) is 0.455. The molecule has 0 aromatic carbocycles. The molecule has 0 aliphatic rings. The minimum Gasteiger partial charge on any atom is -0.469 e. The van der Waals surface area contributed by atoms with Gasteiger partial charge >= 0.3 is 5.97 Å². The minimum absolute atomic E-state index is 0.0320. The zero-order valence-corrected chi connectivity index (χ0v) is 12.2. The van der Waals surface area contributed by atoms with Gasteiger partial charge in [0, 0.05) is 11.8 Å². The van der Waals surface area contributed by atoms with E-state index in [2.05, 4.69) is 30.6 Å². The number of carbonyl (C=O) groups excluding carboxylic acids is 2. The van der Waals surface area contributed by atoms with Crippen LogP contribution in [0.4, 0.5) is 5.13 Å². The average molecular weight is 310 g/mol. The first kappa shape index (κ1) is 15.0. The number of hydrogen-bond acceptors (Lipinski definition) is 8. The molecule has 0 bridgehead atoms. The highest BCUT2D eigenvalue weighted by atomic mass is 32.1. The summed E-state index contributed by atoms with van der Waals surface area (Å²) in [6.07, 6.45) is 3.04. The summed E-state index contributed by atoms with van der Waals surface area (Å²) in [5.74, 6) is -0.488. The number of hydrogen-bond donors (Lipinski definition) is 1. The Hall–Kier alpha value is -2.36. The van der Waals surface area contributed by atoms with Crippen LogP contribution in [0.15, 0.2) is 11.7 Å². The first-order valence-corrected chi connectivity index (χ1v) is 7.07. The molecular weight excluding hydrogens is 296 g/mol. The van der Waals surface area contributed by atoms with Gasteiger partial charge in [0.1, 0.15) is 12.9 Å². The molecule has 0 atom stereocenters. The van der Waals surface area contributed by atoms with Crippen molar-refractivity contribution in [1.29, 1.82) is 0 Å². The summed E-state index contributed by atoms with van der Waals surface area (Å²) >= 11 is 1.33. The van der Waals surface area contributed by atoms with Crippen LogP contribution in [-0.4, -0.2) is 44.2 Å². The molecule has 2 aromatic rings. The van der Waals surface area contributed by atoms with Crippen molar-refractivity contribution < 1.29 is 14.3 Å². The van der Waals surface area contributed by atoms with E-state index in [9.17, 15) is 9.59 Å². The zero-order chi connectivity index (χ0) is 15.1. The predicted molar refractivity (Wildman–Crippen MR) is 73.5 cm³/mol. The number of tetrazole rings is 1. The summed E-state index contributed by atoms with van der Waals surface area (Å²) in [4.78, 5) is 27.0. The number of anilines is 1. The summed E-state index contributed by atoms with van der Waals surface area (Å²) < 4.78 is 5.88. The second kappa shape index (κ2) is 7.43. The summed E-state index contributed by atoms with van der Waals surface area (Å²) in [7, 11) is 1.36. The molecular formula is C11H14N6O3S. The molecule has 0 radical (unpaired) electrons. The third-order valence-corrected chi connectivity index (χ3v) is 3.34. The monoisotopic (exact) mass is 310 g/mol. The molecule has 21 heavy (non-hydrogen) atoms. The topological polar surface area (TPSA) is 112 Å². The van der Waals surface area contributed by atoms with Gasteiger partial charge in [-0.05, 0) is 23.3 Å². The Balaban J connectivity index is 1.77. The molecule has 2 rings (SSSR count). The Morgan fingerprint density at radius 3 is 3.05 bits per heavy atom. The molecule has 0 saturated heterocycles. The van der Waals surface area contributed by atoms with Gasteiger partial charge in [0.05, 0.1) is 12.8 Å². The molecule has 0 spiro atoms. The van der Waals surface area contributed by atoms with Crippen molar-refractivity contribution in [1.82, 2.24) is 25.2 Å². The Morgan fingerprint density at radius 1 is 1.48 bits per heavy atom. The molecule has 2 heterocycles. The molecule has 1 N–H and O–H groups in total. The van der Waals surface area contributed by atoms with Crippen LogP contribution >= 0.6 is 11.3 Å². The lowest BCUT2D eigenvalue weighted by atomic mass is 10.2. The highest BCUT2D eigenvalue weighted by Gasteiger charge is 2.09. The molecule has 1 amide bonds. The number of aryl methyl sites for hydroxylation is 1. The maximum atomic E-state index is 11.7. The summed E-state index contributed by atoms with van der Waals surface area (Å²) in [5.41, 5.74) is 0.835. The van der Waals surface area contributed by atoms with E-state index in [1.807, 2.05) is 5.38 Å². The Labute approximate surface area is 124 Å². The summed E-state index contributed by atoms with van der Waals surface area (Å²) in [6.45, 7) is 0.0320. The van der Waals surface area contributed by atoms with Gasteiger partial charge in [0.25, 0.3) is 0 Å². The van der Waals surface area contributed by atoms with Crippen LogP contribution < -0.4 is 5.32 Å². The Bertz CT molecular complexity index is 597. The van der Waals surface area contributed by atoms with E-state index in [4.69, 9.17) is 0 Å². The van der Waals surface area contributed by atoms with E-state index in [1.54, 1.807) is 0 Å². The van der Waals surface area contributed by atoms with Crippen LogP contribution in [0.25, 0.3) is 0 Å². The van der Waals surface area contributed by atoms with Gasteiger partial charge in [0.15, 0.2) is 5.13 Å².